The molecule has 6 heteroatoms. The fourth-order valence-corrected chi connectivity index (χ4v) is 2.87. The predicted molar refractivity (Wildman–Crippen MR) is 108 cm³/mol. The topological polar surface area (TPSA) is 59.6 Å². The Balaban J connectivity index is 0.00000261. The molecule has 5 nitrogen and oxygen atoms in total. The average Bonchev–Trinajstić information content (AvgIpc) is 2.69. The van der Waals surface area contributed by atoms with Crippen molar-refractivity contribution in [1.82, 2.24) is 10.6 Å². The molecule has 27 heavy (non-hydrogen) atoms. The van der Waals surface area contributed by atoms with Crippen LogP contribution in [0.25, 0.3) is 0 Å². The van der Waals surface area contributed by atoms with Gasteiger partial charge >= 0.3 is 0 Å². The molecule has 1 unspecified atom stereocenters. The van der Waals surface area contributed by atoms with Crippen molar-refractivity contribution in [2.45, 2.75) is 25.6 Å². The van der Waals surface area contributed by atoms with E-state index >= 15 is 0 Å². The first-order valence-electron chi connectivity index (χ1n) is 9.14. The lowest BCUT2D eigenvalue weighted by Crippen LogP contribution is -2.41. The van der Waals surface area contributed by atoms with Crippen LogP contribution in [0.4, 0.5) is 0 Å². The Morgan fingerprint density at radius 1 is 1.11 bits per heavy atom. The zero-order valence-electron chi connectivity index (χ0n) is 15.4. The highest BCUT2D eigenvalue weighted by Gasteiger charge is 2.16. The molecule has 0 aromatic heterocycles. The maximum absolute atomic E-state index is 11.9. The van der Waals surface area contributed by atoms with Gasteiger partial charge in [-0.15, -0.1) is 12.4 Å². The molecule has 1 aliphatic heterocycles. The smallest absolute Gasteiger partial charge is 0.222 e. The van der Waals surface area contributed by atoms with Gasteiger partial charge in [0.1, 0.15) is 12.4 Å². The second-order valence-corrected chi connectivity index (χ2v) is 6.42. The minimum atomic E-state index is -0.00945. The van der Waals surface area contributed by atoms with E-state index in [1.54, 1.807) is 0 Å². The summed E-state index contributed by atoms with van der Waals surface area (Å²) in [6.07, 6.45) is 1.21. The molecule has 0 spiro atoms. The van der Waals surface area contributed by atoms with Crippen LogP contribution in [0.15, 0.2) is 54.6 Å². The monoisotopic (exact) mass is 390 g/mol. The molecule has 1 aliphatic rings. The first-order chi connectivity index (χ1) is 12.8. The van der Waals surface area contributed by atoms with Crippen molar-refractivity contribution in [2.24, 2.45) is 0 Å². The van der Waals surface area contributed by atoms with Crippen LogP contribution in [0, 0.1) is 0 Å². The first kappa shape index (κ1) is 21.2. The Labute approximate surface area is 166 Å². The highest BCUT2D eigenvalue weighted by atomic mass is 35.5. The van der Waals surface area contributed by atoms with Crippen molar-refractivity contribution in [3.05, 3.63) is 65.7 Å². The van der Waals surface area contributed by atoms with Crippen molar-refractivity contribution in [3.63, 3.8) is 0 Å². The lowest BCUT2D eigenvalue weighted by molar-refractivity contribution is -0.124. The van der Waals surface area contributed by atoms with Crippen molar-refractivity contribution >= 4 is 18.3 Å². The van der Waals surface area contributed by atoms with Crippen molar-refractivity contribution in [3.8, 4) is 5.75 Å². The third-order valence-corrected chi connectivity index (χ3v) is 4.32. The molecule has 1 amide bonds. The molecule has 1 atom stereocenters. The van der Waals surface area contributed by atoms with Crippen LogP contribution in [0.3, 0.4) is 0 Å². The lowest BCUT2D eigenvalue weighted by Gasteiger charge is -2.23. The minimum Gasteiger partial charge on any atom is -0.489 e. The largest absolute Gasteiger partial charge is 0.489 e. The van der Waals surface area contributed by atoms with Crippen molar-refractivity contribution < 1.29 is 14.3 Å². The number of morpholine rings is 1. The zero-order valence-corrected chi connectivity index (χ0v) is 16.2. The first-order valence-corrected chi connectivity index (χ1v) is 9.14. The molecule has 0 bridgehead atoms. The highest BCUT2D eigenvalue weighted by molar-refractivity contribution is 5.85. The summed E-state index contributed by atoms with van der Waals surface area (Å²) in [7, 11) is 0. The van der Waals surface area contributed by atoms with Crippen LogP contribution < -0.4 is 15.4 Å². The lowest BCUT2D eigenvalue weighted by atomic mass is 10.1. The van der Waals surface area contributed by atoms with Crippen LogP contribution in [0.1, 0.15) is 17.5 Å². The summed E-state index contributed by atoms with van der Waals surface area (Å²) in [4.78, 5) is 11.9. The van der Waals surface area contributed by atoms with Crippen molar-refractivity contribution in [1.29, 1.82) is 0 Å². The van der Waals surface area contributed by atoms with E-state index in [0.29, 0.717) is 26.2 Å². The van der Waals surface area contributed by atoms with Gasteiger partial charge in [-0.1, -0.05) is 42.5 Å². The Morgan fingerprint density at radius 3 is 2.59 bits per heavy atom. The number of nitrogens with one attached hydrogen (secondary N) is 2. The molecule has 0 radical (unpaired) electrons. The summed E-state index contributed by atoms with van der Waals surface area (Å²) in [5, 5.41) is 6.19. The summed E-state index contributed by atoms with van der Waals surface area (Å²) in [5.41, 5.74) is 2.32. The number of carbonyl (C=O) groups is 1. The molecule has 146 valence electrons. The van der Waals surface area contributed by atoms with Gasteiger partial charge < -0.3 is 20.1 Å². The molecule has 1 heterocycles. The molecular formula is C21H27ClN2O3. The van der Waals surface area contributed by atoms with E-state index in [4.69, 9.17) is 9.47 Å². The molecule has 1 fully saturated rings. The molecule has 2 N–H and O–H groups in total. The Morgan fingerprint density at radius 2 is 1.89 bits per heavy atom. The van der Waals surface area contributed by atoms with Crippen LogP contribution in [-0.4, -0.2) is 38.3 Å². The number of rotatable bonds is 8. The van der Waals surface area contributed by atoms with Gasteiger partial charge in [-0.05, 0) is 29.7 Å². The SMILES string of the molecule is Cl.O=C(CC1CNCCO1)NCCc1ccc(OCc2ccccc2)cc1. The van der Waals surface area contributed by atoms with E-state index < -0.39 is 0 Å². The maximum Gasteiger partial charge on any atom is 0.222 e. The number of halogens is 1. The van der Waals surface area contributed by atoms with Crippen molar-refractivity contribution in [2.75, 3.05) is 26.2 Å². The third kappa shape index (κ3) is 7.59. The molecule has 2 aromatic rings. The van der Waals surface area contributed by atoms with Gasteiger partial charge in [-0.2, -0.15) is 0 Å². The molecule has 2 aromatic carbocycles. The molecule has 0 aliphatic carbocycles. The maximum atomic E-state index is 11.9. The number of ether oxygens (including phenoxy) is 2. The normalized spacial score (nSPS) is 16.2. The fraction of sp³-hybridized carbons (Fsp3) is 0.381. The van der Waals surface area contributed by atoms with E-state index in [0.717, 1.165) is 30.8 Å². The van der Waals surface area contributed by atoms with Gasteiger partial charge in [0, 0.05) is 19.6 Å². The van der Waals surface area contributed by atoms with Gasteiger partial charge in [-0.25, -0.2) is 0 Å². The number of amides is 1. The Bertz CT molecular complexity index is 674. The summed E-state index contributed by atoms with van der Waals surface area (Å²) >= 11 is 0. The molecule has 1 saturated heterocycles. The fourth-order valence-electron chi connectivity index (χ4n) is 2.87. The van der Waals surface area contributed by atoms with Gasteiger partial charge in [-0.3, -0.25) is 4.79 Å². The van der Waals surface area contributed by atoms with Gasteiger partial charge in [0.05, 0.1) is 19.1 Å². The predicted octanol–water partition coefficient (Wildman–Crippen LogP) is 2.72. The van der Waals surface area contributed by atoms with Crippen LogP contribution >= 0.6 is 12.4 Å². The van der Waals surface area contributed by atoms with E-state index in [-0.39, 0.29) is 24.4 Å². The van der Waals surface area contributed by atoms with Gasteiger partial charge in [0.15, 0.2) is 0 Å². The average molecular weight is 391 g/mol. The minimum absolute atomic E-state index is 0. The third-order valence-electron chi connectivity index (χ3n) is 4.32. The summed E-state index contributed by atoms with van der Waals surface area (Å²) in [5.74, 6) is 0.894. The summed E-state index contributed by atoms with van der Waals surface area (Å²) < 4.78 is 11.3. The van der Waals surface area contributed by atoms with Gasteiger partial charge in [0.2, 0.25) is 5.91 Å². The second-order valence-electron chi connectivity index (χ2n) is 6.42. The van der Waals surface area contributed by atoms with Gasteiger partial charge in [0.25, 0.3) is 0 Å². The number of benzene rings is 2. The molecule has 3 rings (SSSR count). The number of hydrogen-bond acceptors (Lipinski definition) is 4. The molecular weight excluding hydrogens is 364 g/mol. The Hall–Kier alpha value is -2.08. The molecule has 0 saturated carbocycles. The zero-order chi connectivity index (χ0) is 18.0. The number of hydrogen-bond donors (Lipinski definition) is 2. The highest BCUT2D eigenvalue weighted by Crippen LogP contribution is 2.14. The van der Waals surface area contributed by atoms with E-state index in [1.807, 2.05) is 54.6 Å². The number of carbonyl (C=O) groups excluding carboxylic acids is 1. The quantitative estimate of drug-likeness (QED) is 0.727. The van der Waals surface area contributed by atoms with E-state index in [2.05, 4.69) is 10.6 Å². The summed E-state index contributed by atoms with van der Waals surface area (Å²) in [6, 6.07) is 18.1. The van der Waals surface area contributed by atoms with Crippen LogP contribution in [0.5, 0.6) is 5.75 Å². The Kier molecular flexibility index (Phi) is 9.11. The standard InChI is InChI=1S/C21H26N2O3.ClH/c24-21(14-20-15-22-12-13-25-20)23-11-10-17-6-8-19(9-7-17)26-16-18-4-2-1-3-5-18;/h1-9,20,22H,10-16H2,(H,23,24);1H. The van der Waals surface area contributed by atoms with E-state index in [9.17, 15) is 4.79 Å². The second kappa shape index (κ2) is 11.6. The van der Waals surface area contributed by atoms with Crippen LogP contribution in [0.2, 0.25) is 0 Å². The van der Waals surface area contributed by atoms with Crippen LogP contribution in [-0.2, 0) is 22.6 Å². The van der Waals surface area contributed by atoms with E-state index in [1.165, 1.54) is 5.56 Å². The summed E-state index contributed by atoms with van der Waals surface area (Å²) in [6.45, 7) is 3.48.